The Morgan fingerprint density at radius 2 is 1.74 bits per heavy atom. The van der Waals surface area contributed by atoms with Gasteiger partial charge in [0, 0.05) is 0 Å². The van der Waals surface area contributed by atoms with Gasteiger partial charge < -0.3 is 14.2 Å². The Bertz CT molecular complexity index is 612. The summed E-state index contributed by atoms with van der Waals surface area (Å²) < 4.78 is 16.7. The molecule has 1 aromatic carbocycles. The predicted octanol–water partition coefficient (Wildman–Crippen LogP) is 4.79. The summed E-state index contributed by atoms with van der Waals surface area (Å²) in [6.45, 7) is 4.33. The van der Waals surface area contributed by atoms with Gasteiger partial charge in [0.15, 0.2) is 6.29 Å². The van der Waals surface area contributed by atoms with Gasteiger partial charge in [-0.05, 0) is 43.4 Å². The maximum absolute atomic E-state index is 12.6. The van der Waals surface area contributed by atoms with E-state index in [1.54, 1.807) is 12.1 Å². The maximum Gasteiger partial charge on any atom is 0.336 e. The first kappa shape index (κ1) is 21.4. The summed E-state index contributed by atoms with van der Waals surface area (Å²) in [5.74, 6) is -0.172. The van der Waals surface area contributed by atoms with Gasteiger partial charge in [0.25, 0.3) is 0 Å². The van der Waals surface area contributed by atoms with Crippen molar-refractivity contribution < 1.29 is 19.0 Å². The Balaban J connectivity index is 1.87. The highest BCUT2D eigenvalue weighted by Crippen LogP contribution is 2.28. The molecule has 148 valence electrons. The summed E-state index contributed by atoms with van der Waals surface area (Å²) >= 11 is 0. The second kappa shape index (κ2) is 11.1. The Morgan fingerprint density at radius 3 is 2.33 bits per heavy atom. The molecule has 0 spiro atoms. The molecule has 0 saturated carbocycles. The van der Waals surface area contributed by atoms with E-state index in [2.05, 4.69) is 13.8 Å². The normalized spacial score (nSPS) is 22.2. The molecule has 1 aliphatic heterocycles. The fourth-order valence-corrected chi connectivity index (χ4v) is 3.02. The third-order valence-corrected chi connectivity index (χ3v) is 4.88. The van der Waals surface area contributed by atoms with Gasteiger partial charge in [0.2, 0.25) is 5.41 Å². The van der Waals surface area contributed by atoms with E-state index >= 15 is 0 Å². The van der Waals surface area contributed by atoms with E-state index in [4.69, 9.17) is 14.2 Å². The molecule has 0 radical (unpaired) electrons. The van der Waals surface area contributed by atoms with Gasteiger partial charge in [-0.2, -0.15) is 5.26 Å². The number of nitrogens with zero attached hydrogens (tertiary/aromatic N) is 1. The molecule has 0 bridgehead atoms. The van der Waals surface area contributed by atoms with Crippen LogP contribution in [0.15, 0.2) is 24.3 Å². The molecular weight excluding hydrogens is 342 g/mol. The van der Waals surface area contributed by atoms with Crippen molar-refractivity contribution in [3.8, 4) is 11.8 Å². The number of carbonyl (C=O) groups is 1. The van der Waals surface area contributed by atoms with Crippen LogP contribution in [0.4, 0.5) is 0 Å². The zero-order chi connectivity index (χ0) is 19.5. The first-order valence-electron chi connectivity index (χ1n) is 10.1. The molecule has 1 aliphatic rings. The molecule has 0 unspecified atom stereocenters. The lowest BCUT2D eigenvalue weighted by Crippen LogP contribution is -2.48. The van der Waals surface area contributed by atoms with E-state index in [-0.39, 0.29) is 19.5 Å². The topological polar surface area (TPSA) is 68.6 Å². The molecular formula is C22H31NO4. The molecule has 5 nitrogen and oxygen atoms in total. The third kappa shape index (κ3) is 6.34. The highest BCUT2D eigenvalue weighted by atomic mass is 16.7. The molecule has 27 heavy (non-hydrogen) atoms. The number of carbonyl (C=O) groups excluding carboxylic acids is 1. The first-order valence-corrected chi connectivity index (χ1v) is 10.1. The number of aryl methyl sites for hydroxylation is 1. The lowest BCUT2D eigenvalue weighted by molar-refractivity contribution is -0.223. The summed E-state index contributed by atoms with van der Waals surface area (Å²) in [6, 6.07) is 9.54. The quantitative estimate of drug-likeness (QED) is 0.335. The molecule has 0 amide bonds. The number of ether oxygens (including phenoxy) is 3. The minimum Gasteiger partial charge on any atom is -0.425 e. The predicted molar refractivity (Wildman–Crippen MR) is 103 cm³/mol. The molecule has 0 aromatic heterocycles. The zero-order valence-electron chi connectivity index (χ0n) is 16.5. The fourth-order valence-electron chi connectivity index (χ4n) is 3.02. The van der Waals surface area contributed by atoms with Crippen LogP contribution in [0.2, 0.25) is 0 Å². The molecule has 2 rings (SSSR count). The number of unbranched alkanes of at least 4 members (excludes halogenated alkanes) is 4. The lowest BCUT2D eigenvalue weighted by Gasteiger charge is -2.33. The van der Waals surface area contributed by atoms with E-state index in [0.717, 1.165) is 38.5 Å². The van der Waals surface area contributed by atoms with E-state index in [1.807, 2.05) is 18.2 Å². The Morgan fingerprint density at radius 1 is 1.11 bits per heavy atom. The fraction of sp³-hybridized carbons (Fsp3) is 0.636. The molecule has 0 N–H and O–H groups in total. The molecule has 0 atom stereocenters. The van der Waals surface area contributed by atoms with Crippen LogP contribution in [0, 0.1) is 16.7 Å². The highest BCUT2D eigenvalue weighted by Gasteiger charge is 2.46. The zero-order valence-corrected chi connectivity index (χ0v) is 16.5. The van der Waals surface area contributed by atoms with E-state index in [1.165, 1.54) is 18.4 Å². The van der Waals surface area contributed by atoms with Gasteiger partial charge in [0.05, 0.1) is 19.3 Å². The number of hydrogen-bond acceptors (Lipinski definition) is 5. The van der Waals surface area contributed by atoms with Crippen LogP contribution in [-0.4, -0.2) is 25.5 Å². The molecule has 5 heteroatoms. The van der Waals surface area contributed by atoms with Crippen LogP contribution in [0.25, 0.3) is 0 Å². The van der Waals surface area contributed by atoms with Crippen molar-refractivity contribution in [1.82, 2.24) is 0 Å². The summed E-state index contributed by atoms with van der Waals surface area (Å²) in [6.07, 6.45) is 8.26. The van der Waals surface area contributed by atoms with E-state index in [9.17, 15) is 10.1 Å². The number of rotatable bonds is 10. The van der Waals surface area contributed by atoms with Gasteiger partial charge in [-0.3, -0.25) is 0 Å². The summed E-state index contributed by atoms with van der Waals surface area (Å²) in [5, 5.41) is 9.54. The standard InChI is InChI=1S/C22H31NO4/c1-3-5-7-9-18-11-13-19(14-12-18)27-21(24)22(15-23)16-25-20(26-17-22)10-8-6-4-2/h11-14,20H,3-10,16-17H2,1-2H3. The van der Waals surface area contributed by atoms with E-state index in [0.29, 0.717) is 5.75 Å². The molecule has 0 aliphatic carbocycles. The Kier molecular flexibility index (Phi) is 8.77. The average Bonchev–Trinajstić information content (AvgIpc) is 2.70. The van der Waals surface area contributed by atoms with E-state index < -0.39 is 11.4 Å². The van der Waals surface area contributed by atoms with Gasteiger partial charge in [0.1, 0.15) is 5.75 Å². The minimum atomic E-state index is -1.40. The Hall–Kier alpha value is -1.90. The average molecular weight is 373 g/mol. The number of hydrogen-bond donors (Lipinski definition) is 0. The minimum absolute atomic E-state index is 0.00816. The maximum atomic E-state index is 12.6. The second-order valence-corrected chi connectivity index (χ2v) is 7.23. The largest absolute Gasteiger partial charge is 0.425 e. The van der Waals surface area contributed by atoms with Crippen LogP contribution >= 0.6 is 0 Å². The highest BCUT2D eigenvalue weighted by molar-refractivity contribution is 5.82. The molecule has 1 aromatic rings. The van der Waals surface area contributed by atoms with Crippen LogP contribution in [0.3, 0.4) is 0 Å². The summed E-state index contributed by atoms with van der Waals surface area (Å²) in [4.78, 5) is 12.6. The van der Waals surface area contributed by atoms with Gasteiger partial charge >= 0.3 is 5.97 Å². The lowest BCUT2D eigenvalue weighted by atomic mass is 9.91. The first-order chi connectivity index (χ1) is 13.1. The van der Waals surface area contributed by atoms with Crippen LogP contribution in [-0.2, 0) is 20.7 Å². The van der Waals surface area contributed by atoms with Crippen molar-refractivity contribution in [2.24, 2.45) is 5.41 Å². The van der Waals surface area contributed by atoms with Gasteiger partial charge in [-0.15, -0.1) is 0 Å². The van der Waals surface area contributed by atoms with Gasteiger partial charge in [-0.1, -0.05) is 51.7 Å². The summed E-state index contributed by atoms with van der Waals surface area (Å²) in [7, 11) is 0. The van der Waals surface area contributed by atoms with Crippen LogP contribution in [0.5, 0.6) is 5.75 Å². The number of benzene rings is 1. The smallest absolute Gasteiger partial charge is 0.336 e. The van der Waals surface area contributed by atoms with Crippen LogP contribution in [0.1, 0.15) is 64.4 Å². The van der Waals surface area contributed by atoms with Crippen molar-refractivity contribution in [2.45, 2.75) is 71.5 Å². The van der Waals surface area contributed by atoms with Crippen molar-refractivity contribution in [3.63, 3.8) is 0 Å². The monoisotopic (exact) mass is 373 g/mol. The van der Waals surface area contributed by atoms with Crippen molar-refractivity contribution in [3.05, 3.63) is 29.8 Å². The van der Waals surface area contributed by atoms with Crippen molar-refractivity contribution >= 4 is 5.97 Å². The molecule has 1 fully saturated rings. The Labute approximate surface area is 162 Å². The van der Waals surface area contributed by atoms with Gasteiger partial charge in [-0.25, -0.2) is 4.79 Å². The summed E-state index contributed by atoms with van der Waals surface area (Å²) in [5.41, 5.74) is -0.182. The van der Waals surface area contributed by atoms with Crippen LogP contribution < -0.4 is 4.74 Å². The molecule has 1 heterocycles. The number of esters is 1. The second-order valence-electron chi connectivity index (χ2n) is 7.23. The SMILES string of the molecule is CCCCCc1ccc(OC(=O)C2(C#N)COC(CCCCC)OC2)cc1. The number of nitriles is 1. The third-order valence-electron chi connectivity index (χ3n) is 4.88. The van der Waals surface area contributed by atoms with Crippen molar-refractivity contribution in [2.75, 3.05) is 13.2 Å². The molecule has 1 saturated heterocycles. The van der Waals surface area contributed by atoms with Crippen molar-refractivity contribution in [1.29, 1.82) is 5.26 Å².